The summed E-state index contributed by atoms with van der Waals surface area (Å²) in [5, 5.41) is 0. The summed E-state index contributed by atoms with van der Waals surface area (Å²) < 4.78 is 12.0. The number of hydrogen-bond acceptors (Lipinski definition) is 5. The molecule has 7 heteroatoms. The van der Waals surface area contributed by atoms with Crippen molar-refractivity contribution in [2.45, 2.75) is 150 Å². The molecule has 3 aromatic heterocycles. The molecule has 7 nitrogen and oxygen atoms in total. The second-order valence-electron chi connectivity index (χ2n) is 21.1. The number of unbranched alkanes of at least 4 members (excludes halogenated alkanes) is 15. The molecule has 1 unspecified atom stereocenters. The van der Waals surface area contributed by atoms with Gasteiger partial charge in [0.2, 0.25) is 0 Å². The van der Waals surface area contributed by atoms with Crippen molar-refractivity contribution in [1.82, 2.24) is 19.9 Å². The van der Waals surface area contributed by atoms with E-state index in [1.54, 1.807) is 0 Å². The number of aromatic amines is 2. The molecule has 76 heavy (non-hydrogen) atoms. The van der Waals surface area contributed by atoms with Crippen LogP contribution < -0.4 is 4.74 Å². The van der Waals surface area contributed by atoms with Crippen LogP contribution in [-0.2, 0) is 9.53 Å². The highest BCUT2D eigenvalue weighted by Gasteiger charge is 2.23. The van der Waals surface area contributed by atoms with Crippen LogP contribution in [0, 0.1) is 20.8 Å². The molecule has 1 atom stereocenters. The molecule has 5 heterocycles. The van der Waals surface area contributed by atoms with E-state index in [-0.39, 0.29) is 5.97 Å². The van der Waals surface area contributed by atoms with Gasteiger partial charge in [-0.25, -0.2) is 14.8 Å². The average molecular weight is 1010 g/mol. The van der Waals surface area contributed by atoms with E-state index < -0.39 is 6.10 Å². The number of benzene rings is 4. The fourth-order valence-corrected chi connectivity index (χ4v) is 10.8. The summed E-state index contributed by atoms with van der Waals surface area (Å²) in [6, 6.07) is 42.8. The predicted octanol–water partition coefficient (Wildman–Crippen LogP) is 19.2. The number of aromatic nitrogens is 4. The molecule has 0 spiro atoms. The lowest BCUT2D eigenvalue weighted by molar-refractivity contribution is -0.151. The number of H-pyrrole nitrogens is 2. The molecule has 0 saturated carbocycles. The zero-order valence-corrected chi connectivity index (χ0v) is 45.8. The number of hydrogen-bond donors (Lipinski definition) is 2. The summed E-state index contributed by atoms with van der Waals surface area (Å²) in [6.45, 7) is 10.8. The van der Waals surface area contributed by atoms with Crippen molar-refractivity contribution in [1.29, 1.82) is 0 Å². The van der Waals surface area contributed by atoms with Gasteiger partial charge in [-0.3, -0.25) is 0 Å². The van der Waals surface area contributed by atoms with Crippen LogP contribution in [0.25, 0.3) is 90.9 Å². The fraction of sp³-hybridized carbons (Fsp3) is 0.348. The minimum Gasteiger partial charge on any atom is -0.479 e. The maximum absolute atomic E-state index is 13.3. The summed E-state index contributed by atoms with van der Waals surface area (Å²) in [5.74, 6) is 0.320. The van der Waals surface area contributed by atoms with Crippen molar-refractivity contribution in [2.24, 2.45) is 0 Å². The topological polar surface area (TPSA) is 92.9 Å². The minimum atomic E-state index is -0.672. The Balaban J connectivity index is 1.03. The van der Waals surface area contributed by atoms with Crippen LogP contribution in [0.1, 0.15) is 162 Å². The first kappa shape index (κ1) is 53.6. The largest absolute Gasteiger partial charge is 0.479 e. The van der Waals surface area contributed by atoms with Crippen LogP contribution in [0.4, 0.5) is 0 Å². The van der Waals surface area contributed by atoms with Crippen molar-refractivity contribution in [3.63, 3.8) is 0 Å². The Bertz CT molecular complexity index is 3220. The van der Waals surface area contributed by atoms with Gasteiger partial charge in [-0.1, -0.05) is 205 Å². The Morgan fingerprint density at radius 1 is 0.408 bits per heavy atom. The smallest absolute Gasteiger partial charge is 0.347 e. The monoisotopic (exact) mass is 1010 g/mol. The normalized spacial score (nSPS) is 12.3. The van der Waals surface area contributed by atoms with E-state index in [2.05, 4.69) is 171 Å². The van der Waals surface area contributed by atoms with E-state index in [9.17, 15) is 4.79 Å². The predicted molar refractivity (Wildman–Crippen MR) is 320 cm³/mol. The second kappa shape index (κ2) is 26.5. The number of rotatable bonds is 25. The highest BCUT2D eigenvalue weighted by Crippen LogP contribution is 2.39. The molecule has 0 aliphatic carbocycles. The molecule has 2 aliphatic rings. The lowest BCUT2D eigenvalue weighted by Gasteiger charge is -2.18. The van der Waals surface area contributed by atoms with Crippen molar-refractivity contribution < 1.29 is 14.3 Å². The Hall–Kier alpha value is -7.25. The van der Waals surface area contributed by atoms with Crippen molar-refractivity contribution in [2.75, 3.05) is 6.61 Å². The first-order chi connectivity index (χ1) is 37.3. The van der Waals surface area contributed by atoms with E-state index in [0.717, 1.165) is 102 Å². The Kier molecular flexibility index (Phi) is 18.7. The maximum Gasteiger partial charge on any atom is 0.347 e. The van der Waals surface area contributed by atoms with Gasteiger partial charge >= 0.3 is 5.97 Å². The van der Waals surface area contributed by atoms with Crippen LogP contribution in [-0.4, -0.2) is 38.6 Å². The Labute approximate surface area is 452 Å². The molecule has 2 aliphatic heterocycles. The lowest BCUT2D eigenvalue weighted by atomic mass is 10.0. The second-order valence-corrected chi connectivity index (χ2v) is 21.1. The first-order valence-electron chi connectivity index (χ1n) is 28.6. The third kappa shape index (κ3) is 13.6. The lowest BCUT2D eigenvalue weighted by Crippen LogP contribution is -2.29. The summed E-state index contributed by atoms with van der Waals surface area (Å²) in [6.07, 6.45) is 29.4. The van der Waals surface area contributed by atoms with Gasteiger partial charge in [-0.2, -0.15) is 0 Å². The zero-order chi connectivity index (χ0) is 52.6. The third-order valence-corrected chi connectivity index (χ3v) is 15.1. The molecule has 0 radical (unpaired) electrons. The van der Waals surface area contributed by atoms with Crippen LogP contribution in [0.3, 0.4) is 0 Å². The van der Waals surface area contributed by atoms with Gasteiger partial charge in [0.1, 0.15) is 5.75 Å². The van der Waals surface area contributed by atoms with E-state index in [4.69, 9.17) is 19.4 Å². The molecule has 8 bridgehead atoms. The van der Waals surface area contributed by atoms with E-state index in [1.807, 2.05) is 19.1 Å². The number of nitrogens with one attached hydrogen (secondary N) is 2. The summed E-state index contributed by atoms with van der Waals surface area (Å²) >= 11 is 0. The van der Waals surface area contributed by atoms with Gasteiger partial charge in [0.25, 0.3) is 0 Å². The molecule has 0 amide bonds. The molecule has 392 valence electrons. The number of aryl methyl sites for hydroxylation is 3. The molecule has 4 aromatic carbocycles. The average Bonchev–Trinajstić information content (AvgIpc) is 4.30. The Morgan fingerprint density at radius 3 is 1.03 bits per heavy atom. The van der Waals surface area contributed by atoms with Gasteiger partial charge < -0.3 is 19.4 Å². The summed E-state index contributed by atoms with van der Waals surface area (Å²) in [5.41, 5.74) is 18.9. The number of esters is 1. The van der Waals surface area contributed by atoms with Crippen molar-refractivity contribution in [3.05, 3.63) is 161 Å². The third-order valence-electron chi connectivity index (χ3n) is 15.1. The number of carbonyl (C=O) groups excluding carboxylic acids is 1. The number of carbonyl (C=O) groups is 1. The van der Waals surface area contributed by atoms with E-state index >= 15 is 0 Å². The standard InChI is InChI=1S/C69H78N4O3/c1-6-8-9-10-11-12-13-14-15-16-17-18-19-20-21-22-23-64(69(74)75-7-2)76-55-38-36-54(37-39-55)68-62-46-44-60(72-62)66(52-32-26-49(4)27-33-52)58-42-40-56(70-58)65(51-30-24-48(3)25-31-51)57-41-43-59(71-57)67(61-45-47-63(68)73-61)53-34-28-50(5)29-35-53/h24-47,64,70,73H,6-23H2,1-5H3. The molecule has 2 N–H and O–H groups in total. The minimum absolute atomic E-state index is 0.307. The highest BCUT2D eigenvalue weighted by molar-refractivity contribution is 6.00. The molecule has 0 saturated heterocycles. The molecular weight excluding hydrogens is 933 g/mol. The van der Waals surface area contributed by atoms with Crippen LogP contribution in [0.2, 0.25) is 0 Å². The van der Waals surface area contributed by atoms with Crippen LogP contribution in [0.5, 0.6) is 5.75 Å². The van der Waals surface area contributed by atoms with Crippen molar-refractivity contribution in [3.8, 4) is 50.3 Å². The SMILES string of the molecule is CCCCCCCCCCCCCCCCCCC(Oc1ccc(-c2c3nc(c(-c4ccc(C)cc4)c4ccc([nH]4)c(-c4ccc(C)cc4)c4nc(c(-c5ccc(C)cc5)c5ccc2[nH]5)C=C4)C=C3)cc1)C(=O)OCC. The number of fused-ring (bicyclic) bond motifs is 8. The van der Waals surface area contributed by atoms with Gasteiger partial charge in [0.05, 0.1) is 29.4 Å². The van der Waals surface area contributed by atoms with Gasteiger partial charge in [0, 0.05) is 44.3 Å². The highest BCUT2D eigenvalue weighted by atomic mass is 16.6. The summed E-state index contributed by atoms with van der Waals surface area (Å²) in [4.78, 5) is 32.1. The Morgan fingerprint density at radius 2 is 0.711 bits per heavy atom. The molecule has 9 rings (SSSR count). The fourth-order valence-electron chi connectivity index (χ4n) is 10.8. The number of nitrogens with zero attached hydrogens (tertiary/aromatic N) is 2. The van der Waals surface area contributed by atoms with E-state index in [1.165, 1.54) is 107 Å². The van der Waals surface area contributed by atoms with E-state index in [0.29, 0.717) is 18.8 Å². The molecule has 7 aromatic rings. The molecule has 0 fully saturated rings. The van der Waals surface area contributed by atoms with Gasteiger partial charge in [0.15, 0.2) is 6.10 Å². The maximum atomic E-state index is 13.3. The van der Waals surface area contributed by atoms with Crippen molar-refractivity contribution >= 4 is 52.3 Å². The zero-order valence-electron chi connectivity index (χ0n) is 45.8. The van der Waals surface area contributed by atoms with Crippen LogP contribution >= 0.6 is 0 Å². The number of ether oxygens (including phenoxy) is 2. The first-order valence-corrected chi connectivity index (χ1v) is 28.6. The van der Waals surface area contributed by atoms with Gasteiger partial charge in [-0.05, 0) is 123 Å². The quantitative estimate of drug-likeness (QED) is 0.0439. The van der Waals surface area contributed by atoms with Crippen LogP contribution in [0.15, 0.2) is 121 Å². The van der Waals surface area contributed by atoms with Gasteiger partial charge in [-0.15, -0.1) is 0 Å². The molecular formula is C69H78N4O3. The summed E-state index contributed by atoms with van der Waals surface area (Å²) in [7, 11) is 0.